The first-order valence-corrected chi connectivity index (χ1v) is 4.93. The molecule has 1 atom stereocenters. The van der Waals surface area contributed by atoms with Gasteiger partial charge < -0.3 is 5.32 Å². The van der Waals surface area contributed by atoms with Gasteiger partial charge in [-0.1, -0.05) is 6.92 Å². The molecule has 0 aliphatic heterocycles. The molecular weight excluding hydrogens is 188 g/mol. The van der Waals surface area contributed by atoms with Gasteiger partial charge in [0.1, 0.15) is 12.2 Å². The normalized spacial score (nSPS) is 13.2. The van der Waals surface area contributed by atoms with E-state index in [0.29, 0.717) is 11.9 Å². The molecule has 1 rings (SSSR count). The third-order valence-electron chi connectivity index (χ3n) is 2.03. The van der Waals surface area contributed by atoms with Gasteiger partial charge in [-0.3, -0.25) is 4.68 Å². The quantitative estimate of drug-likeness (QED) is 0.723. The van der Waals surface area contributed by atoms with Gasteiger partial charge in [0.25, 0.3) is 0 Å². The molecule has 0 amide bonds. The zero-order valence-corrected chi connectivity index (χ0v) is 8.75. The van der Waals surface area contributed by atoms with Crippen molar-refractivity contribution in [3.05, 3.63) is 12.2 Å². The highest BCUT2D eigenvalue weighted by molar-refractivity contribution is 6.18. The molecule has 1 heterocycles. The summed E-state index contributed by atoms with van der Waals surface area (Å²) in [6.07, 6.45) is 2.58. The van der Waals surface area contributed by atoms with Crippen LogP contribution in [0.4, 0.5) is 0 Å². The molecule has 74 valence electrons. The van der Waals surface area contributed by atoms with Gasteiger partial charge in [-0.15, -0.1) is 11.6 Å². The third-order valence-corrected chi connectivity index (χ3v) is 2.41. The van der Waals surface area contributed by atoms with E-state index < -0.39 is 0 Å². The number of rotatable bonds is 5. The smallest absolute Gasteiger partial charge is 0.140 e. The number of alkyl halides is 1. The Morgan fingerprint density at radius 2 is 2.46 bits per heavy atom. The number of aryl methyl sites for hydroxylation is 1. The second-order valence-electron chi connectivity index (χ2n) is 2.94. The van der Waals surface area contributed by atoms with E-state index in [1.807, 2.05) is 7.05 Å². The zero-order valence-electron chi connectivity index (χ0n) is 8.00. The highest BCUT2D eigenvalue weighted by Gasteiger charge is 2.05. The van der Waals surface area contributed by atoms with Gasteiger partial charge in [-0.05, 0) is 6.42 Å². The van der Waals surface area contributed by atoms with Crippen LogP contribution in [0.1, 0.15) is 19.2 Å². The molecular formula is C8H15ClN4. The molecule has 0 aliphatic rings. The number of nitrogens with one attached hydrogen (secondary N) is 1. The van der Waals surface area contributed by atoms with Crippen molar-refractivity contribution in [3.8, 4) is 0 Å². The maximum atomic E-state index is 5.74. The molecule has 0 bridgehead atoms. The Balaban J connectivity index is 2.38. The Morgan fingerprint density at radius 3 is 2.92 bits per heavy atom. The molecule has 0 saturated carbocycles. The number of hydrogen-bond donors (Lipinski definition) is 1. The molecule has 1 aromatic rings. The van der Waals surface area contributed by atoms with Gasteiger partial charge in [0.2, 0.25) is 0 Å². The van der Waals surface area contributed by atoms with Crippen molar-refractivity contribution in [2.75, 3.05) is 5.88 Å². The molecule has 4 nitrogen and oxygen atoms in total. The van der Waals surface area contributed by atoms with Crippen molar-refractivity contribution >= 4 is 11.6 Å². The lowest BCUT2D eigenvalue weighted by molar-refractivity contribution is 0.514. The summed E-state index contributed by atoms with van der Waals surface area (Å²) in [5.74, 6) is 1.57. The van der Waals surface area contributed by atoms with E-state index in [0.717, 1.165) is 18.8 Å². The summed E-state index contributed by atoms with van der Waals surface area (Å²) in [5.41, 5.74) is 0. The summed E-state index contributed by atoms with van der Waals surface area (Å²) >= 11 is 5.74. The van der Waals surface area contributed by atoms with Crippen LogP contribution in [0.5, 0.6) is 0 Å². The molecule has 0 aromatic carbocycles. The monoisotopic (exact) mass is 202 g/mol. The van der Waals surface area contributed by atoms with Crippen LogP contribution in [0.25, 0.3) is 0 Å². The Hall–Kier alpha value is -0.610. The molecule has 1 unspecified atom stereocenters. The van der Waals surface area contributed by atoms with Gasteiger partial charge in [0, 0.05) is 19.0 Å². The maximum absolute atomic E-state index is 5.74. The standard InChI is InChI=1S/C8H15ClN4/c1-3-7(4-9)10-5-8-11-6-12-13(8)2/h6-7,10H,3-5H2,1-2H3. The molecule has 0 spiro atoms. The largest absolute Gasteiger partial charge is 0.306 e. The van der Waals surface area contributed by atoms with Crippen LogP contribution in [-0.2, 0) is 13.6 Å². The van der Waals surface area contributed by atoms with Crippen LogP contribution >= 0.6 is 11.6 Å². The summed E-state index contributed by atoms with van der Waals surface area (Å²) in [7, 11) is 1.88. The minimum Gasteiger partial charge on any atom is -0.306 e. The summed E-state index contributed by atoms with van der Waals surface area (Å²) < 4.78 is 1.76. The van der Waals surface area contributed by atoms with E-state index in [4.69, 9.17) is 11.6 Å². The summed E-state index contributed by atoms with van der Waals surface area (Å²) in [4.78, 5) is 4.10. The summed E-state index contributed by atoms with van der Waals surface area (Å²) in [5, 5.41) is 7.29. The highest BCUT2D eigenvalue weighted by atomic mass is 35.5. The second-order valence-corrected chi connectivity index (χ2v) is 3.25. The van der Waals surface area contributed by atoms with Crippen molar-refractivity contribution < 1.29 is 0 Å². The van der Waals surface area contributed by atoms with E-state index in [1.165, 1.54) is 0 Å². The van der Waals surface area contributed by atoms with E-state index >= 15 is 0 Å². The fourth-order valence-electron chi connectivity index (χ4n) is 1.02. The van der Waals surface area contributed by atoms with Gasteiger partial charge in [0.15, 0.2) is 0 Å². The topological polar surface area (TPSA) is 42.7 Å². The summed E-state index contributed by atoms with van der Waals surface area (Å²) in [6.45, 7) is 2.83. The van der Waals surface area contributed by atoms with E-state index in [9.17, 15) is 0 Å². The lowest BCUT2D eigenvalue weighted by atomic mass is 10.2. The van der Waals surface area contributed by atoms with Crippen LogP contribution < -0.4 is 5.32 Å². The highest BCUT2D eigenvalue weighted by Crippen LogP contribution is 1.96. The fourth-order valence-corrected chi connectivity index (χ4v) is 1.35. The van der Waals surface area contributed by atoms with Crippen LogP contribution in [0.3, 0.4) is 0 Å². The van der Waals surface area contributed by atoms with Crippen LogP contribution in [0, 0.1) is 0 Å². The van der Waals surface area contributed by atoms with Crippen LogP contribution in [0.15, 0.2) is 6.33 Å². The number of nitrogens with zero attached hydrogens (tertiary/aromatic N) is 3. The first kappa shape index (κ1) is 10.5. The minimum atomic E-state index is 0.360. The maximum Gasteiger partial charge on any atom is 0.140 e. The Morgan fingerprint density at radius 1 is 1.69 bits per heavy atom. The van der Waals surface area contributed by atoms with Gasteiger partial charge >= 0.3 is 0 Å². The molecule has 1 aromatic heterocycles. The second kappa shape index (κ2) is 5.19. The predicted molar refractivity (Wildman–Crippen MR) is 52.6 cm³/mol. The minimum absolute atomic E-state index is 0.360. The van der Waals surface area contributed by atoms with E-state index in [-0.39, 0.29) is 0 Å². The Kier molecular flexibility index (Phi) is 4.18. The van der Waals surface area contributed by atoms with Crippen molar-refractivity contribution in [3.63, 3.8) is 0 Å². The molecule has 1 N–H and O–H groups in total. The molecule has 0 aliphatic carbocycles. The van der Waals surface area contributed by atoms with E-state index in [1.54, 1.807) is 11.0 Å². The first-order valence-electron chi connectivity index (χ1n) is 4.40. The van der Waals surface area contributed by atoms with Gasteiger partial charge in [-0.25, -0.2) is 4.98 Å². The van der Waals surface area contributed by atoms with E-state index in [2.05, 4.69) is 22.3 Å². The number of halogens is 1. The van der Waals surface area contributed by atoms with Crippen LogP contribution in [0.2, 0.25) is 0 Å². The molecule has 0 saturated heterocycles. The Bertz CT molecular complexity index is 244. The van der Waals surface area contributed by atoms with Gasteiger partial charge in [-0.2, -0.15) is 5.10 Å². The van der Waals surface area contributed by atoms with Crippen molar-refractivity contribution in [2.24, 2.45) is 7.05 Å². The number of aromatic nitrogens is 3. The van der Waals surface area contributed by atoms with Crippen molar-refractivity contribution in [2.45, 2.75) is 25.9 Å². The molecule has 0 fully saturated rings. The van der Waals surface area contributed by atoms with Crippen molar-refractivity contribution in [1.29, 1.82) is 0 Å². The lowest BCUT2D eigenvalue weighted by Gasteiger charge is -2.12. The SMILES string of the molecule is CCC(CCl)NCc1ncnn1C. The van der Waals surface area contributed by atoms with Crippen LogP contribution in [-0.4, -0.2) is 26.7 Å². The first-order chi connectivity index (χ1) is 6.27. The average Bonchev–Trinajstić information content (AvgIpc) is 2.54. The van der Waals surface area contributed by atoms with Crippen molar-refractivity contribution in [1.82, 2.24) is 20.1 Å². The zero-order chi connectivity index (χ0) is 9.68. The molecule has 13 heavy (non-hydrogen) atoms. The molecule has 5 heteroatoms. The fraction of sp³-hybridized carbons (Fsp3) is 0.750. The lowest BCUT2D eigenvalue weighted by Crippen LogP contribution is -2.30. The third kappa shape index (κ3) is 2.97. The predicted octanol–water partition coefficient (Wildman–Crippen LogP) is 0.922. The van der Waals surface area contributed by atoms with Gasteiger partial charge in [0.05, 0.1) is 6.54 Å². The summed E-state index contributed by atoms with van der Waals surface area (Å²) in [6, 6.07) is 0.360. The number of hydrogen-bond acceptors (Lipinski definition) is 3. The Labute approximate surface area is 83.3 Å². The average molecular weight is 203 g/mol. The molecule has 0 radical (unpaired) electrons.